The van der Waals surface area contributed by atoms with Gasteiger partial charge in [0.2, 0.25) is 11.8 Å². The maximum atomic E-state index is 12.5. The summed E-state index contributed by atoms with van der Waals surface area (Å²) >= 11 is 3.44. The van der Waals surface area contributed by atoms with E-state index in [0.717, 1.165) is 22.0 Å². The van der Waals surface area contributed by atoms with Crippen molar-refractivity contribution < 1.29 is 19.5 Å². The van der Waals surface area contributed by atoms with E-state index in [0.29, 0.717) is 6.54 Å². The van der Waals surface area contributed by atoms with Gasteiger partial charge in [0.05, 0.1) is 0 Å². The molecule has 0 bridgehead atoms. The maximum absolute atomic E-state index is 12.5. The first-order valence-corrected chi connectivity index (χ1v) is 8.78. The largest absolute Gasteiger partial charge is 0.480 e. The van der Waals surface area contributed by atoms with Crippen LogP contribution in [0.3, 0.4) is 0 Å². The summed E-state index contributed by atoms with van der Waals surface area (Å²) in [6.07, 6.45) is 1.19. The fourth-order valence-corrected chi connectivity index (χ4v) is 3.35. The van der Waals surface area contributed by atoms with E-state index in [1.54, 1.807) is 0 Å². The topological polar surface area (TPSA) is 86.7 Å². The highest BCUT2D eigenvalue weighted by atomic mass is 79.9. The number of hydrogen-bond acceptors (Lipinski definition) is 3. The summed E-state index contributed by atoms with van der Waals surface area (Å²) in [5, 5.41) is 12.2. The number of nitrogens with zero attached hydrogens (tertiary/aromatic N) is 1. The fourth-order valence-electron chi connectivity index (χ4n) is 2.78. The number of nitrogens with one attached hydrogen (secondary N) is 1. The number of carboxylic acid groups (broad SMARTS) is 1. The molecule has 1 aromatic carbocycles. The second kappa shape index (κ2) is 8.28. The lowest BCUT2D eigenvalue weighted by atomic mass is 9.93. The van der Waals surface area contributed by atoms with Crippen LogP contribution in [-0.4, -0.2) is 40.4 Å². The van der Waals surface area contributed by atoms with Crippen molar-refractivity contribution in [1.29, 1.82) is 0 Å². The predicted molar refractivity (Wildman–Crippen MR) is 92.4 cm³/mol. The van der Waals surface area contributed by atoms with Crippen molar-refractivity contribution in [3.63, 3.8) is 0 Å². The molecule has 2 N–H and O–H groups in total. The molecule has 1 atom stereocenters. The molecule has 0 saturated heterocycles. The average Bonchev–Trinajstić information content (AvgIpc) is 2.57. The minimum atomic E-state index is -1.03. The van der Waals surface area contributed by atoms with Gasteiger partial charge in [-0.25, -0.2) is 4.79 Å². The third-order valence-electron chi connectivity index (χ3n) is 4.07. The molecule has 0 aromatic heterocycles. The molecule has 7 heteroatoms. The van der Waals surface area contributed by atoms with Crippen LogP contribution in [0.4, 0.5) is 0 Å². The highest BCUT2D eigenvalue weighted by Crippen LogP contribution is 2.30. The van der Waals surface area contributed by atoms with E-state index in [9.17, 15) is 19.5 Å². The van der Waals surface area contributed by atoms with Crippen LogP contribution in [0.25, 0.3) is 0 Å². The summed E-state index contributed by atoms with van der Waals surface area (Å²) in [7, 11) is 0. The molecule has 2 rings (SSSR count). The van der Waals surface area contributed by atoms with Crippen molar-refractivity contribution in [2.45, 2.75) is 45.2 Å². The van der Waals surface area contributed by atoms with E-state index >= 15 is 0 Å². The Morgan fingerprint density at radius 2 is 2.08 bits per heavy atom. The molecule has 24 heavy (non-hydrogen) atoms. The molecular weight excluding hydrogens is 376 g/mol. The molecular formula is C17H21BrN2O4. The quantitative estimate of drug-likeness (QED) is 0.770. The Morgan fingerprint density at radius 3 is 2.75 bits per heavy atom. The van der Waals surface area contributed by atoms with Crippen molar-refractivity contribution in [3.05, 3.63) is 33.8 Å². The SMILES string of the molecule is CCCNC(=O)CCC(=O)N1Cc2cccc(Br)c2CC1C(=O)O. The average molecular weight is 397 g/mol. The van der Waals surface area contributed by atoms with Gasteiger partial charge in [0.15, 0.2) is 0 Å². The van der Waals surface area contributed by atoms with Crippen LogP contribution in [0.1, 0.15) is 37.3 Å². The van der Waals surface area contributed by atoms with Crippen LogP contribution in [-0.2, 0) is 27.3 Å². The number of carbonyl (C=O) groups is 3. The Bertz CT molecular complexity index is 647. The molecule has 1 aliphatic heterocycles. The smallest absolute Gasteiger partial charge is 0.326 e. The first-order valence-electron chi connectivity index (χ1n) is 7.99. The van der Waals surface area contributed by atoms with Crippen molar-refractivity contribution in [1.82, 2.24) is 10.2 Å². The Morgan fingerprint density at radius 1 is 1.33 bits per heavy atom. The third-order valence-corrected chi connectivity index (χ3v) is 4.82. The number of carbonyl (C=O) groups excluding carboxylic acids is 2. The lowest BCUT2D eigenvalue weighted by Crippen LogP contribution is -2.48. The third kappa shape index (κ3) is 4.35. The summed E-state index contributed by atoms with van der Waals surface area (Å²) in [6.45, 7) is 2.78. The lowest BCUT2D eigenvalue weighted by Gasteiger charge is -2.35. The molecule has 0 aliphatic carbocycles. The van der Waals surface area contributed by atoms with E-state index in [-0.39, 0.29) is 37.6 Å². The van der Waals surface area contributed by atoms with Crippen LogP contribution < -0.4 is 5.32 Å². The summed E-state index contributed by atoms with van der Waals surface area (Å²) in [4.78, 5) is 37.0. The molecule has 1 aromatic rings. The Hall–Kier alpha value is -1.89. The Balaban J connectivity index is 2.08. The predicted octanol–water partition coefficient (Wildman–Crippen LogP) is 2.09. The van der Waals surface area contributed by atoms with E-state index in [2.05, 4.69) is 21.2 Å². The first kappa shape index (κ1) is 18.4. The molecule has 0 radical (unpaired) electrons. The molecule has 1 heterocycles. The number of amides is 2. The van der Waals surface area contributed by atoms with E-state index in [4.69, 9.17) is 0 Å². The molecule has 0 fully saturated rings. The van der Waals surface area contributed by atoms with Crippen molar-refractivity contribution in [2.24, 2.45) is 0 Å². The fraction of sp³-hybridized carbons (Fsp3) is 0.471. The van der Waals surface area contributed by atoms with Crippen LogP contribution >= 0.6 is 15.9 Å². The molecule has 1 aliphatic rings. The summed E-state index contributed by atoms with van der Waals surface area (Å²) in [5.74, 6) is -1.52. The monoisotopic (exact) mass is 396 g/mol. The Kier molecular flexibility index (Phi) is 6.36. The van der Waals surface area contributed by atoms with Gasteiger partial charge in [0.1, 0.15) is 6.04 Å². The van der Waals surface area contributed by atoms with Crippen molar-refractivity contribution in [2.75, 3.05) is 6.54 Å². The lowest BCUT2D eigenvalue weighted by molar-refractivity contribution is -0.151. The summed E-state index contributed by atoms with van der Waals surface area (Å²) in [6, 6.07) is 4.73. The number of carboxylic acids is 1. The standard InChI is InChI=1S/C17H21BrN2O4/c1-2-8-19-15(21)6-7-16(22)20-10-11-4-3-5-13(18)12(11)9-14(20)17(23)24/h3-5,14H,2,6-10H2,1H3,(H,19,21)(H,23,24). The van der Waals surface area contributed by atoms with Crippen molar-refractivity contribution >= 4 is 33.7 Å². The number of aliphatic carboxylic acids is 1. The van der Waals surface area contributed by atoms with Gasteiger partial charge in [0, 0.05) is 36.8 Å². The van der Waals surface area contributed by atoms with Crippen LogP contribution in [0.2, 0.25) is 0 Å². The van der Waals surface area contributed by atoms with Gasteiger partial charge in [-0.15, -0.1) is 0 Å². The zero-order chi connectivity index (χ0) is 17.7. The normalized spacial score (nSPS) is 16.4. The molecule has 1 unspecified atom stereocenters. The maximum Gasteiger partial charge on any atom is 0.326 e. The van der Waals surface area contributed by atoms with Crippen LogP contribution in [0, 0.1) is 0 Å². The molecule has 0 saturated carbocycles. The number of benzene rings is 1. The molecule has 130 valence electrons. The van der Waals surface area contributed by atoms with Gasteiger partial charge in [-0.2, -0.15) is 0 Å². The summed E-state index contributed by atoms with van der Waals surface area (Å²) in [5.41, 5.74) is 1.86. The van der Waals surface area contributed by atoms with Crippen molar-refractivity contribution in [3.8, 4) is 0 Å². The second-order valence-corrected chi connectivity index (χ2v) is 6.66. The zero-order valence-corrected chi connectivity index (χ0v) is 15.1. The highest BCUT2D eigenvalue weighted by molar-refractivity contribution is 9.10. The van der Waals surface area contributed by atoms with Crippen LogP contribution in [0.5, 0.6) is 0 Å². The van der Waals surface area contributed by atoms with Gasteiger partial charge in [-0.05, 0) is 23.6 Å². The van der Waals surface area contributed by atoms with E-state index in [1.807, 2.05) is 25.1 Å². The Labute approximate surface area is 149 Å². The van der Waals surface area contributed by atoms with Gasteiger partial charge in [-0.3, -0.25) is 9.59 Å². The molecule has 0 spiro atoms. The molecule has 2 amide bonds. The van der Waals surface area contributed by atoms with Gasteiger partial charge < -0.3 is 15.3 Å². The summed E-state index contributed by atoms with van der Waals surface area (Å²) < 4.78 is 0.859. The minimum Gasteiger partial charge on any atom is -0.480 e. The second-order valence-electron chi connectivity index (χ2n) is 5.81. The zero-order valence-electron chi connectivity index (χ0n) is 13.5. The van der Waals surface area contributed by atoms with Crippen LogP contribution in [0.15, 0.2) is 22.7 Å². The number of halogens is 1. The van der Waals surface area contributed by atoms with Gasteiger partial charge in [-0.1, -0.05) is 35.0 Å². The number of fused-ring (bicyclic) bond motifs is 1. The van der Waals surface area contributed by atoms with E-state index in [1.165, 1.54) is 4.90 Å². The highest BCUT2D eigenvalue weighted by Gasteiger charge is 2.35. The molecule has 6 nitrogen and oxygen atoms in total. The van der Waals surface area contributed by atoms with Gasteiger partial charge in [0.25, 0.3) is 0 Å². The number of rotatable bonds is 6. The van der Waals surface area contributed by atoms with Gasteiger partial charge >= 0.3 is 5.97 Å². The minimum absolute atomic E-state index is 0.0165. The van der Waals surface area contributed by atoms with E-state index < -0.39 is 12.0 Å². The first-order chi connectivity index (χ1) is 11.4. The number of hydrogen-bond donors (Lipinski definition) is 2.